The van der Waals surface area contributed by atoms with Gasteiger partial charge in [0.1, 0.15) is 5.75 Å². The number of rotatable bonds is 10. The Morgan fingerprint density at radius 3 is 2.53 bits per heavy atom. The van der Waals surface area contributed by atoms with Crippen molar-refractivity contribution < 1.29 is 9.53 Å². The van der Waals surface area contributed by atoms with Crippen molar-refractivity contribution in [1.82, 2.24) is 15.5 Å². The molecule has 160 valence electrons. The molecule has 6 nitrogen and oxygen atoms in total. The Hall–Kier alpha value is -3.02. The fourth-order valence-corrected chi connectivity index (χ4v) is 2.89. The Bertz CT molecular complexity index is 832. The predicted molar refractivity (Wildman–Crippen MR) is 121 cm³/mol. The van der Waals surface area contributed by atoms with Gasteiger partial charge in [-0.25, -0.2) is 4.99 Å². The SMILES string of the molecule is CN(C)C(=O)CNC(=NCc1ccccc1OCC1CC1)NCCc1ccccc1. The van der Waals surface area contributed by atoms with Crippen LogP contribution in [0.3, 0.4) is 0 Å². The number of likely N-dealkylation sites (N-methyl/N-ethyl adjacent to an activating group) is 1. The maximum Gasteiger partial charge on any atom is 0.241 e. The number of nitrogens with one attached hydrogen (secondary N) is 2. The molecule has 6 heteroatoms. The highest BCUT2D eigenvalue weighted by Crippen LogP contribution is 2.30. The molecule has 0 aromatic heterocycles. The lowest BCUT2D eigenvalue weighted by atomic mass is 10.1. The summed E-state index contributed by atoms with van der Waals surface area (Å²) in [5.74, 6) is 2.22. The van der Waals surface area contributed by atoms with E-state index in [0.29, 0.717) is 18.4 Å². The van der Waals surface area contributed by atoms with Crippen LogP contribution in [0.15, 0.2) is 59.6 Å². The number of guanidine groups is 1. The zero-order valence-electron chi connectivity index (χ0n) is 17.9. The van der Waals surface area contributed by atoms with E-state index in [0.717, 1.165) is 30.9 Å². The van der Waals surface area contributed by atoms with Crippen molar-refractivity contribution >= 4 is 11.9 Å². The Balaban J connectivity index is 1.60. The van der Waals surface area contributed by atoms with Gasteiger partial charge in [-0.1, -0.05) is 48.5 Å². The third kappa shape index (κ3) is 7.43. The van der Waals surface area contributed by atoms with Gasteiger partial charge < -0.3 is 20.3 Å². The van der Waals surface area contributed by atoms with Crippen LogP contribution in [0, 0.1) is 5.92 Å². The maximum absolute atomic E-state index is 12.0. The van der Waals surface area contributed by atoms with Crippen molar-refractivity contribution in [3.63, 3.8) is 0 Å². The molecule has 0 radical (unpaired) electrons. The lowest BCUT2D eigenvalue weighted by Crippen LogP contribution is -2.43. The van der Waals surface area contributed by atoms with Gasteiger partial charge in [0.2, 0.25) is 5.91 Å². The summed E-state index contributed by atoms with van der Waals surface area (Å²) in [5.41, 5.74) is 2.30. The highest BCUT2D eigenvalue weighted by molar-refractivity contribution is 5.86. The van der Waals surface area contributed by atoms with Gasteiger partial charge >= 0.3 is 0 Å². The number of para-hydroxylation sites is 1. The van der Waals surface area contributed by atoms with Crippen LogP contribution in [-0.2, 0) is 17.8 Å². The minimum Gasteiger partial charge on any atom is -0.493 e. The van der Waals surface area contributed by atoms with Crippen LogP contribution in [0.1, 0.15) is 24.0 Å². The first-order chi connectivity index (χ1) is 14.6. The number of aliphatic imine (C=N–C) groups is 1. The third-order valence-electron chi connectivity index (χ3n) is 5.01. The van der Waals surface area contributed by atoms with E-state index < -0.39 is 0 Å². The number of benzene rings is 2. The molecule has 0 atom stereocenters. The fourth-order valence-electron chi connectivity index (χ4n) is 2.89. The summed E-state index contributed by atoms with van der Waals surface area (Å²) in [7, 11) is 3.49. The maximum atomic E-state index is 12.0. The quantitative estimate of drug-likeness (QED) is 0.469. The van der Waals surface area contributed by atoms with Crippen LogP contribution in [0.25, 0.3) is 0 Å². The summed E-state index contributed by atoms with van der Waals surface area (Å²) < 4.78 is 5.99. The second-order valence-electron chi connectivity index (χ2n) is 7.83. The van der Waals surface area contributed by atoms with E-state index in [1.54, 1.807) is 19.0 Å². The lowest BCUT2D eigenvalue weighted by molar-refractivity contribution is -0.127. The fraction of sp³-hybridized carbons (Fsp3) is 0.417. The van der Waals surface area contributed by atoms with Gasteiger partial charge in [0.05, 0.1) is 19.7 Å². The molecule has 2 aromatic carbocycles. The van der Waals surface area contributed by atoms with Crippen LogP contribution in [0.5, 0.6) is 5.75 Å². The van der Waals surface area contributed by atoms with Crippen molar-refractivity contribution in [1.29, 1.82) is 0 Å². The molecule has 0 bridgehead atoms. The number of ether oxygens (including phenoxy) is 1. The van der Waals surface area contributed by atoms with Gasteiger partial charge in [-0.3, -0.25) is 4.79 Å². The molecule has 1 saturated carbocycles. The Labute approximate surface area is 179 Å². The minimum atomic E-state index is 0.000672. The standard InChI is InChI=1S/C24H32N4O2/c1-28(2)23(29)17-27-24(25-15-14-19-8-4-3-5-9-19)26-16-21-10-6-7-11-22(21)30-18-20-12-13-20/h3-11,20H,12-18H2,1-2H3,(H2,25,26,27). The van der Waals surface area contributed by atoms with E-state index in [1.165, 1.54) is 18.4 Å². The number of hydrogen-bond acceptors (Lipinski definition) is 3. The topological polar surface area (TPSA) is 66.0 Å². The number of nitrogens with zero attached hydrogens (tertiary/aromatic N) is 2. The lowest BCUT2D eigenvalue weighted by Gasteiger charge is -2.15. The molecule has 1 aliphatic rings. The smallest absolute Gasteiger partial charge is 0.241 e. The first kappa shape index (κ1) is 21.7. The number of carbonyl (C=O) groups excluding carboxylic acids is 1. The first-order valence-electron chi connectivity index (χ1n) is 10.6. The first-order valence-corrected chi connectivity index (χ1v) is 10.6. The minimum absolute atomic E-state index is 0.000672. The van der Waals surface area contributed by atoms with Crippen molar-refractivity contribution in [3.8, 4) is 5.75 Å². The normalized spacial score (nSPS) is 13.6. The Kier molecular flexibility index (Phi) is 8.12. The van der Waals surface area contributed by atoms with Crippen LogP contribution in [0.4, 0.5) is 0 Å². The van der Waals surface area contributed by atoms with Gasteiger partial charge in [-0.2, -0.15) is 0 Å². The molecule has 0 spiro atoms. The van der Waals surface area contributed by atoms with E-state index in [-0.39, 0.29) is 12.5 Å². The Morgan fingerprint density at radius 2 is 1.80 bits per heavy atom. The molecule has 0 unspecified atom stereocenters. The van der Waals surface area contributed by atoms with Gasteiger partial charge in [0, 0.05) is 26.2 Å². The van der Waals surface area contributed by atoms with E-state index in [1.807, 2.05) is 42.5 Å². The van der Waals surface area contributed by atoms with E-state index in [4.69, 9.17) is 9.73 Å². The van der Waals surface area contributed by atoms with E-state index in [9.17, 15) is 4.79 Å². The van der Waals surface area contributed by atoms with Crippen molar-refractivity contribution in [3.05, 3.63) is 65.7 Å². The number of carbonyl (C=O) groups is 1. The molecule has 2 aromatic rings. The number of amides is 1. The van der Waals surface area contributed by atoms with Crippen molar-refractivity contribution in [2.75, 3.05) is 33.8 Å². The molecule has 2 N–H and O–H groups in total. The molecular weight excluding hydrogens is 376 g/mol. The molecule has 0 aliphatic heterocycles. The molecule has 1 amide bonds. The second-order valence-corrected chi connectivity index (χ2v) is 7.83. The van der Waals surface area contributed by atoms with Crippen LogP contribution < -0.4 is 15.4 Å². The van der Waals surface area contributed by atoms with Gasteiger partial charge in [-0.15, -0.1) is 0 Å². The average molecular weight is 409 g/mol. The van der Waals surface area contributed by atoms with Gasteiger partial charge in [0.25, 0.3) is 0 Å². The summed E-state index contributed by atoms with van der Waals surface area (Å²) in [5, 5.41) is 6.48. The highest BCUT2D eigenvalue weighted by Gasteiger charge is 2.22. The molecule has 30 heavy (non-hydrogen) atoms. The molecule has 1 fully saturated rings. The van der Waals surface area contributed by atoms with Gasteiger partial charge in [-0.05, 0) is 36.8 Å². The number of hydrogen-bond donors (Lipinski definition) is 2. The van der Waals surface area contributed by atoms with E-state index in [2.05, 4.69) is 22.8 Å². The monoisotopic (exact) mass is 408 g/mol. The molecule has 0 saturated heterocycles. The molecule has 0 heterocycles. The molecule has 3 rings (SSSR count). The van der Waals surface area contributed by atoms with Crippen molar-refractivity contribution in [2.24, 2.45) is 10.9 Å². The van der Waals surface area contributed by atoms with Crippen molar-refractivity contribution in [2.45, 2.75) is 25.8 Å². The highest BCUT2D eigenvalue weighted by atomic mass is 16.5. The zero-order valence-corrected chi connectivity index (χ0v) is 17.9. The summed E-state index contributed by atoms with van der Waals surface area (Å²) in [6.07, 6.45) is 3.41. The second kappa shape index (κ2) is 11.2. The Morgan fingerprint density at radius 1 is 1.07 bits per heavy atom. The third-order valence-corrected chi connectivity index (χ3v) is 5.01. The molecule has 1 aliphatic carbocycles. The van der Waals surface area contributed by atoms with Gasteiger partial charge in [0.15, 0.2) is 5.96 Å². The van der Waals surface area contributed by atoms with Crippen LogP contribution >= 0.6 is 0 Å². The largest absolute Gasteiger partial charge is 0.493 e. The summed E-state index contributed by atoms with van der Waals surface area (Å²) in [6.45, 7) is 2.19. The average Bonchev–Trinajstić information content (AvgIpc) is 3.59. The zero-order chi connectivity index (χ0) is 21.2. The predicted octanol–water partition coefficient (Wildman–Crippen LogP) is 2.84. The van der Waals surface area contributed by atoms with Crippen LogP contribution in [-0.4, -0.2) is 50.6 Å². The summed E-state index contributed by atoms with van der Waals surface area (Å²) >= 11 is 0. The molecular formula is C24H32N4O2. The van der Waals surface area contributed by atoms with Crippen LogP contribution in [0.2, 0.25) is 0 Å². The van der Waals surface area contributed by atoms with E-state index >= 15 is 0 Å². The summed E-state index contributed by atoms with van der Waals surface area (Å²) in [4.78, 5) is 18.3. The summed E-state index contributed by atoms with van der Waals surface area (Å²) in [6, 6.07) is 18.3.